The van der Waals surface area contributed by atoms with Gasteiger partial charge in [0.2, 0.25) is 6.54 Å². The zero-order chi connectivity index (χ0) is 27.9. The Kier molecular flexibility index (Phi) is 9.26. The molecule has 0 unspecified atom stereocenters. The third-order valence-corrected chi connectivity index (χ3v) is 7.13. The molecular formula is C27H26ClFN4O5S. The summed E-state index contributed by atoms with van der Waals surface area (Å²) in [5.74, 6) is 1.55. The average molecular weight is 573 g/mol. The van der Waals surface area contributed by atoms with Crippen LogP contribution in [0.2, 0.25) is 5.02 Å². The van der Waals surface area contributed by atoms with Crippen LogP contribution in [0.15, 0.2) is 65.8 Å². The number of ether oxygens (including phenoxy) is 3. The molecule has 0 saturated heterocycles. The number of aromatic nitrogens is 3. The lowest BCUT2D eigenvalue weighted by Gasteiger charge is -2.19. The number of halogens is 2. The van der Waals surface area contributed by atoms with E-state index >= 15 is 0 Å². The van der Waals surface area contributed by atoms with E-state index in [-0.39, 0.29) is 28.1 Å². The number of hydrogen-bond acceptors (Lipinski definition) is 8. The quantitative estimate of drug-likeness (QED) is 0.108. The first-order chi connectivity index (χ1) is 18.8. The number of aryl methyl sites for hydroxylation is 1. The highest BCUT2D eigenvalue weighted by atomic mass is 35.5. The molecule has 204 valence electrons. The molecule has 1 aromatic heterocycles. The minimum Gasteiger partial charge on any atom is -0.497 e. The molecule has 0 radical (unpaired) electrons. The maximum absolute atomic E-state index is 13.6. The Labute approximate surface area is 234 Å². The first-order valence-corrected chi connectivity index (χ1v) is 13.2. The molecule has 0 spiro atoms. The Morgan fingerprint density at radius 3 is 2.56 bits per heavy atom. The van der Waals surface area contributed by atoms with Crippen molar-refractivity contribution in [3.63, 3.8) is 0 Å². The second-order valence-electron chi connectivity index (χ2n) is 8.37. The molecule has 4 aromatic rings. The van der Waals surface area contributed by atoms with Gasteiger partial charge in [-0.3, -0.25) is 14.7 Å². The normalized spacial score (nSPS) is 11.7. The minimum atomic E-state index is -0.672. The van der Waals surface area contributed by atoms with Gasteiger partial charge < -0.3 is 14.2 Å². The lowest BCUT2D eigenvalue weighted by atomic mass is 10.1. The van der Waals surface area contributed by atoms with Gasteiger partial charge >= 0.3 is 0 Å². The van der Waals surface area contributed by atoms with E-state index < -0.39 is 11.8 Å². The second kappa shape index (κ2) is 12.8. The molecule has 0 aliphatic rings. The molecule has 12 heteroatoms. The SMILES string of the molecule is CCOc1cc([C@@H](C[N+](=O)[O-])Sc2nnc(C)n2-c2ccc(OC)cc2)cc(Cl)c1OCc1cccc(F)c1. The van der Waals surface area contributed by atoms with Gasteiger partial charge in [0.1, 0.15) is 29.2 Å². The summed E-state index contributed by atoms with van der Waals surface area (Å²) in [5, 5.41) is 20.2. The van der Waals surface area contributed by atoms with Gasteiger partial charge in [-0.25, -0.2) is 4.39 Å². The summed E-state index contributed by atoms with van der Waals surface area (Å²) in [5.41, 5.74) is 1.97. The highest BCUT2D eigenvalue weighted by molar-refractivity contribution is 7.99. The maximum Gasteiger partial charge on any atom is 0.220 e. The fraction of sp³-hybridized carbons (Fsp3) is 0.259. The number of methoxy groups -OCH3 is 1. The minimum absolute atomic E-state index is 0.0637. The number of nitrogens with zero attached hydrogens (tertiary/aromatic N) is 4. The number of rotatable bonds is 12. The van der Waals surface area contributed by atoms with Gasteiger partial charge in [0.05, 0.1) is 18.7 Å². The third kappa shape index (κ3) is 6.98. The van der Waals surface area contributed by atoms with Crippen LogP contribution in [0, 0.1) is 22.9 Å². The molecule has 0 aliphatic heterocycles. The van der Waals surface area contributed by atoms with Gasteiger partial charge in [-0.05, 0) is 73.5 Å². The molecule has 0 fully saturated rings. The van der Waals surface area contributed by atoms with Gasteiger partial charge in [-0.1, -0.05) is 35.5 Å². The fourth-order valence-corrected chi connectivity index (χ4v) is 5.31. The number of thioether (sulfide) groups is 1. The van der Waals surface area contributed by atoms with E-state index in [1.165, 1.54) is 23.9 Å². The van der Waals surface area contributed by atoms with Gasteiger partial charge in [0.25, 0.3) is 0 Å². The first kappa shape index (κ1) is 28.2. The molecule has 0 saturated carbocycles. The highest BCUT2D eigenvalue weighted by Crippen LogP contribution is 2.43. The van der Waals surface area contributed by atoms with Crippen molar-refractivity contribution in [2.75, 3.05) is 20.3 Å². The molecule has 0 bridgehead atoms. The summed E-state index contributed by atoms with van der Waals surface area (Å²) in [6.45, 7) is 3.59. The zero-order valence-corrected chi connectivity index (χ0v) is 23.0. The smallest absolute Gasteiger partial charge is 0.220 e. The summed E-state index contributed by atoms with van der Waals surface area (Å²) in [7, 11) is 1.59. The number of benzene rings is 3. The maximum atomic E-state index is 13.6. The highest BCUT2D eigenvalue weighted by Gasteiger charge is 2.26. The molecule has 3 aromatic carbocycles. The van der Waals surface area contributed by atoms with Crippen LogP contribution in [-0.2, 0) is 6.61 Å². The van der Waals surface area contributed by atoms with E-state index in [0.29, 0.717) is 40.2 Å². The van der Waals surface area contributed by atoms with Crippen molar-refractivity contribution in [3.8, 4) is 22.9 Å². The summed E-state index contributed by atoms with van der Waals surface area (Å²) >= 11 is 7.80. The molecule has 0 N–H and O–H groups in total. The number of nitro groups is 1. The largest absolute Gasteiger partial charge is 0.497 e. The van der Waals surface area contributed by atoms with E-state index in [2.05, 4.69) is 10.2 Å². The van der Waals surface area contributed by atoms with Crippen molar-refractivity contribution >= 4 is 23.4 Å². The fourth-order valence-electron chi connectivity index (χ4n) is 3.88. The monoisotopic (exact) mass is 572 g/mol. The Balaban J connectivity index is 1.66. The average Bonchev–Trinajstić information content (AvgIpc) is 3.27. The summed E-state index contributed by atoms with van der Waals surface area (Å²) in [4.78, 5) is 11.3. The summed E-state index contributed by atoms with van der Waals surface area (Å²) in [6.07, 6.45) is 0. The standard InChI is InChI=1S/C27H26ClFN4O5S/c1-4-37-24-14-19(13-23(28)26(24)38-16-18-6-5-7-20(29)12-18)25(15-32(34)35)39-27-31-30-17(2)33(27)21-8-10-22(36-3)11-9-21/h5-14,25H,4,15-16H2,1-3H3/t25-/m1/s1. The van der Waals surface area contributed by atoms with Crippen LogP contribution in [0.1, 0.15) is 29.1 Å². The van der Waals surface area contributed by atoms with Crippen LogP contribution in [-0.4, -0.2) is 39.9 Å². The molecule has 0 amide bonds. The Hall–Kier alpha value is -3.83. The molecule has 0 aliphatic carbocycles. The van der Waals surface area contributed by atoms with Crippen LogP contribution in [0.25, 0.3) is 5.69 Å². The van der Waals surface area contributed by atoms with Gasteiger partial charge in [0.15, 0.2) is 16.7 Å². The molecule has 39 heavy (non-hydrogen) atoms. The van der Waals surface area contributed by atoms with Crippen molar-refractivity contribution in [2.45, 2.75) is 30.9 Å². The van der Waals surface area contributed by atoms with E-state index in [1.807, 2.05) is 28.8 Å². The van der Waals surface area contributed by atoms with E-state index in [9.17, 15) is 14.5 Å². The topological polar surface area (TPSA) is 102 Å². The van der Waals surface area contributed by atoms with Crippen LogP contribution >= 0.6 is 23.4 Å². The van der Waals surface area contributed by atoms with Gasteiger partial charge in [-0.2, -0.15) is 0 Å². The van der Waals surface area contributed by atoms with Crippen molar-refractivity contribution < 1.29 is 23.5 Å². The van der Waals surface area contributed by atoms with Crippen LogP contribution in [0.3, 0.4) is 0 Å². The predicted octanol–water partition coefficient (Wildman–Crippen LogP) is 6.46. The zero-order valence-electron chi connectivity index (χ0n) is 21.5. The Bertz CT molecular complexity index is 1450. The van der Waals surface area contributed by atoms with Crippen molar-refractivity contribution in [2.24, 2.45) is 0 Å². The predicted molar refractivity (Wildman–Crippen MR) is 146 cm³/mol. The van der Waals surface area contributed by atoms with Crippen molar-refractivity contribution in [1.29, 1.82) is 0 Å². The third-order valence-electron chi connectivity index (χ3n) is 5.66. The second-order valence-corrected chi connectivity index (χ2v) is 9.94. The summed E-state index contributed by atoms with van der Waals surface area (Å²) < 4.78 is 32.3. The number of hydrogen-bond donors (Lipinski definition) is 0. The van der Waals surface area contributed by atoms with Crippen molar-refractivity contribution in [1.82, 2.24) is 14.8 Å². The lowest BCUT2D eigenvalue weighted by Crippen LogP contribution is -2.12. The van der Waals surface area contributed by atoms with Crippen LogP contribution < -0.4 is 14.2 Å². The molecule has 9 nitrogen and oxygen atoms in total. The summed E-state index contributed by atoms with van der Waals surface area (Å²) in [6, 6.07) is 16.7. The molecule has 4 rings (SSSR count). The van der Waals surface area contributed by atoms with Gasteiger partial charge in [-0.15, -0.1) is 10.2 Å². The first-order valence-electron chi connectivity index (χ1n) is 12.0. The Morgan fingerprint density at radius 1 is 1.13 bits per heavy atom. The molecular weight excluding hydrogens is 547 g/mol. The molecule has 1 atom stereocenters. The van der Waals surface area contributed by atoms with Gasteiger partial charge in [0, 0.05) is 10.6 Å². The van der Waals surface area contributed by atoms with Crippen molar-refractivity contribution in [3.05, 3.63) is 98.6 Å². The van der Waals surface area contributed by atoms with E-state index in [1.54, 1.807) is 45.2 Å². The van der Waals surface area contributed by atoms with E-state index in [0.717, 1.165) is 5.69 Å². The van der Waals surface area contributed by atoms with Crippen LogP contribution in [0.5, 0.6) is 17.2 Å². The van der Waals surface area contributed by atoms with Crippen LogP contribution in [0.4, 0.5) is 4.39 Å². The lowest BCUT2D eigenvalue weighted by molar-refractivity contribution is -0.479. The van der Waals surface area contributed by atoms with E-state index in [4.69, 9.17) is 25.8 Å². The Morgan fingerprint density at radius 2 is 1.90 bits per heavy atom. The molecule has 1 heterocycles.